The molecule has 0 saturated carbocycles. The molecular formula is C17H24N4O2S. The number of thioether (sulfide) groups is 1. The number of urea groups is 1. The molecule has 0 saturated heterocycles. The minimum absolute atomic E-state index is 0.107. The number of nitrogens with zero attached hydrogens (tertiary/aromatic N) is 3. The lowest BCUT2D eigenvalue weighted by atomic mass is 10.2. The first kappa shape index (κ1) is 18.4. The number of aryl methyl sites for hydroxylation is 1. The largest absolute Gasteiger partial charge is 0.383 e. The smallest absolute Gasteiger partial charge is 0.318 e. The molecule has 0 fully saturated rings. The van der Waals surface area contributed by atoms with Gasteiger partial charge in [0.05, 0.1) is 19.3 Å². The van der Waals surface area contributed by atoms with Gasteiger partial charge in [-0.15, -0.1) is 11.8 Å². The Labute approximate surface area is 147 Å². The highest BCUT2D eigenvalue weighted by atomic mass is 32.2. The van der Waals surface area contributed by atoms with Crippen LogP contribution >= 0.6 is 11.8 Å². The van der Waals surface area contributed by atoms with E-state index in [0.717, 1.165) is 11.1 Å². The molecule has 6 nitrogen and oxygen atoms in total. The average Bonchev–Trinajstić information content (AvgIpc) is 3.01. The van der Waals surface area contributed by atoms with Crippen LogP contribution in [-0.4, -0.2) is 47.2 Å². The van der Waals surface area contributed by atoms with Crippen LogP contribution in [0.5, 0.6) is 0 Å². The van der Waals surface area contributed by atoms with E-state index in [9.17, 15) is 4.79 Å². The van der Waals surface area contributed by atoms with Gasteiger partial charge in [0.25, 0.3) is 0 Å². The molecular weight excluding hydrogens is 324 g/mol. The van der Waals surface area contributed by atoms with Gasteiger partial charge < -0.3 is 15.0 Å². The number of hydrogen-bond donors (Lipinski definition) is 1. The van der Waals surface area contributed by atoms with Gasteiger partial charge in [-0.3, -0.25) is 4.68 Å². The number of benzene rings is 1. The summed E-state index contributed by atoms with van der Waals surface area (Å²) in [5.74, 6) is 0. The lowest BCUT2D eigenvalue weighted by molar-refractivity contribution is 0.146. The molecule has 24 heavy (non-hydrogen) atoms. The van der Waals surface area contributed by atoms with Crippen molar-refractivity contribution in [2.24, 2.45) is 7.05 Å². The van der Waals surface area contributed by atoms with Crippen LogP contribution < -0.4 is 5.32 Å². The normalized spacial score (nSPS) is 10.6. The highest BCUT2D eigenvalue weighted by molar-refractivity contribution is 7.98. The third-order valence-electron chi connectivity index (χ3n) is 3.59. The van der Waals surface area contributed by atoms with E-state index in [1.807, 2.05) is 31.6 Å². The number of carbonyl (C=O) groups excluding carboxylic acids is 1. The third-order valence-corrected chi connectivity index (χ3v) is 4.33. The lowest BCUT2D eigenvalue weighted by Gasteiger charge is -2.22. The van der Waals surface area contributed by atoms with Gasteiger partial charge in [0.1, 0.15) is 0 Å². The maximum absolute atomic E-state index is 12.5. The van der Waals surface area contributed by atoms with Crippen molar-refractivity contribution in [3.8, 4) is 0 Å². The molecule has 0 spiro atoms. The maximum Gasteiger partial charge on any atom is 0.318 e. The standard InChI is InChI=1S/C17H24N4O2S/c1-20-12-15(11-19-20)13-21(8-9-23-2)17(22)18-10-14-4-6-16(24-3)7-5-14/h4-7,11-12H,8-10,13H2,1-3H3,(H,18,22). The maximum atomic E-state index is 12.5. The summed E-state index contributed by atoms with van der Waals surface area (Å²) in [6, 6.07) is 8.08. The van der Waals surface area contributed by atoms with Crippen LogP contribution in [0.1, 0.15) is 11.1 Å². The van der Waals surface area contributed by atoms with E-state index < -0.39 is 0 Å². The SMILES string of the molecule is COCCN(Cc1cnn(C)c1)C(=O)NCc1ccc(SC)cc1. The number of nitrogens with one attached hydrogen (secondary N) is 1. The Kier molecular flexibility index (Phi) is 7.14. The van der Waals surface area contributed by atoms with Gasteiger partial charge in [-0.1, -0.05) is 12.1 Å². The molecule has 1 aromatic carbocycles. The molecule has 7 heteroatoms. The highest BCUT2D eigenvalue weighted by Crippen LogP contribution is 2.14. The van der Waals surface area contributed by atoms with E-state index in [4.69, 9.17) is 4.74 Å². The van der Waals surface area contributed by atoms with E-state index in [0.29, 0.717) is 26.2 Å². The monoisotopic (exact) mass is 348 g/mol. The first-order chi connectivity index (χ1) is 11.6. The second kappa shape index (κ2) is 9.34. The van der Waals surface area contributed by atoms with Crippen LogP contribution in [0.25, 0.3) is 0 Å². The highest BCUT2D eigenvalue weighted by Gasteiger charge is 2.14. The molecule has 2 amide bonds. The number of ether oxygens (including phenoxy) is 1. The quantitative estimate of drug-likeness (QED) is 0.745. The lowest BCUT2D eigenvalue weighted by Crippen LogP contribution is -2.40. The minimum Gasteiger partial charge on any atom is -0.383 e. The molecule has 0 bridgehead atoms. The van der Waals surface area contributed by atoms with Crippen LogP contribution in [0.15, 0.2) is 41.6 Å². The first-order valence-corrected chi connectivity index (χ1v) is 8.97. The molecule has 0 radical (unpaired) electrons. The predicted molar refractivity (Wildman–Crippen MR) is 96.0 cm³/mol. The van der Waals surface area contributed by atoms with Gasteiger partial charge in [0.15, 0.2) is 0 Å². The van der Waals surface area contributed by atoms with E-state index >= 15 is 0 Å². The molecule has 0 aliphatic carbocycles. The number of carbonyl (C=O) groups is 1. The number of hydrogen-bond acceptors (Lipinski definition) is 4. The second-order valence-corrected chi connectivity index (χ2v) is 6.32. The summed E-state index contributed by atoms with van der Waals surface area (Å²) < 4.78 is 6.84. The molecule has 130 valence electrons. The zero-order chi connectivity index (χ0) is 17.4. The molecule has 1 heterocycles. The van der Waals surface area contributed by atoms with Crippen molar-refractivity contribution in [2.45, 2.75) is 18.0 Å². The van der Waals surface area contributed by atoms with Gasteiger partial charge in [0, 0.05) is 43.9 Å². The Hall–Kier alpha value is -1.99. The van der Waals surface area contributed by atoms with Crippen molar-refractivity contribution in [3.05, 3.63) is 47.8 Å². The van der Waals surface area contributed by atoms with Crippen molar-refractivity contribution < 1.29 is 9.53 Å². The van der Waals surface area contributed by atoms with Crippen LogP contribution in [0.2, 0.25) is 0 Å². The van der Waals surface area contributed by atoms with Crippen molar-refractivity contribution in [3.63, 3.8) is 0 Å². The molecule has 0 atom stereocenters. The van der Waals surface area contributed by atoms with Crippen molar-refractivity contribution in [1.29, 1.82) is 0 Å². The van der Waals surface area contributed by atoms with Gasteiger partial charge in [-0.25, -0.2) is 4.79 Å². The van der Waals surface area contributed by atoms with Gasteiger partial charge in [-0.2, -0.15) is 5.10 Å². The summed E-state index contributed by atoms with van der Waals surface area (Å²) in [5.41, 5.74) is 2.07. The third kappa shape index (κ3) is 5.58. The topological polar surface area (TPSA) is 59.4 Å². The van der Waals surface area contributed by atoms with Crippen molar-refractivity contribution in [1.82, 2.24) is 20.0 Å². The van der Waals surface area contributed by atoms with Crippen LogP contribution in [0.3, 0.4) is 0 Å². The Balaban J connectivity index is 1.93. The van der Waals surface area contributed by atoms with E-state index in [2.05, 4.69) is 22.5 Å². The van der Waals surface area contributed by atoms with E-state index in [1.165, 1.54) is 4.90 Å². The average molecular weight is 348 g/mol. The minimum atomic E-state index is -0.107. The number of methoxy groups -OCH3 is 1. The molecule has 2 rings (SSSR count). The Morgan fingerprint density at radius 2 is 2.08 bits per heavy atom. The summed E-state index contributed by atoms with van der Waals surface area (Å²) in [6.07, 6.45) is 5.73. The summed E-state index contributed by atoms with van der Waals surface area (Å²) >= 11 is 1.70. The fourth-order valence-corrected chi connectivity index (χ4v) is 2.67. The van der Waals surface area contributed by atoms with Crippen LogP contribution in [0, 0.1) is 0 Å². The van der Waals surface area contributed by atoms with Gasteiger partial charge >= 0.3 is 6.03 Å². The van der Waals surface area contributed by atoms with Crippen LogP contribution in [0.4, 0.5) is 4.79 Å². The van der Waals surface area contributed by atoms with Crippen molar-refractivity contribution >= 4 is 17.8 Å². The molecule has 0 aliphatic rings. The fourth-order valence-electron chi connectivity index (χ4n) is 2.26. The number of amides is 2. The van der Waals surface area contributed by atoms with Crippen molar-refractivity contribution in [2.75, 3.05) is 26.5 Å². The number of aromatic nitrogens is 2. The van der Waals surface area contributed by atoms with Crippen LogP contribution in [-0.2, 0) is 24.9 Å². The fraction of sp³-hybridized carbons (Fsp3) is 0.412. The zero-order valence-electron chi connectivity index (χ0n) is 14.4. The first-order valence-electron chi connectivity index (χ1n) is 7.74. The summed E-state index contributed by atoms with van der Waals surface area (Å²) in [5, 5.41) is 7.11. The summed E-state index contributed by atoms with van der Waals surface area (Å²) in [6.45, 7) is 2.04. The second-order valence-electron chi connectivity index (χ2n) is 5.44. The van der Waals surface area contributed by atoms with E-state index in [1.54, 1.807) is 34.7 Å². The molecule has 0 aliphatic heterocycles. The molecule has 1 aromatic heterocycles. The van der Waals surface area contributed by atoms with E-state index in [-0.39, 0.29) is 6.03 Å². The predicted octanol–water partition coefficient (Wildman–Crippen LogP) is 2.50. The zero-order valence-corrected chi connectivity index (χ0v) is 15.2. The Bertz CT molecular complexity index is 642. The summed E-state index contributed by atoms with van der Waals surface area (Å²) in [4.78, 5) is 15.4. The molecule has 1 N–H and O–H groups in total. The molecule has 2 aromatic rings. The molecule has 0 unspecified atom stereocenters. The van der Waals surface area contributed by atoms with Gasteiger partial charge in [0.2, 0.25) is 0 Å². The van der Waals surface area contributed by atoms with Gasteiger partial charge in [-0.05, 0) is 24.0 Å². The Morgan fingerprint density at radius 3 is 2.67 bits per heavy atom. The Morgan fingerprint density at radius 1 is 1.33 bits per heavy atom. The number of rotatable bonds is 8. The summed E-state index contributed by atoms with van der Waals surface area (Å²) in [7, 11) is 3.49.